The fourth-order valence-corrected chi connectivity index (χ4v) is 3.23. The number of hydrogen-bond acceptors (Lipinski definition) is 5. The summed E-state index contributed by atoms with van der Waals surface area (Å²) in [6.07, 6.45) is 3.14. The minimum absolute atomic E-state index is 0.0255. The zero-order chi connectivity index (χ0) is 18.3. The highest BCUT2D eigenvalue weighted by atomic mass is 79.9. The van der Waals surface area contributed by atoms with E-state index < -0.39 is 11.0 Å². The second-order valence-corrected chi connectivity index (χ2v) is 6.57. The van der Waals surface area contributed by atoms with Crippen molar-refractivity contribution in [2.45, 2.75) is 6.04 Å². The average Bonchev–Trinajstić information content (AvgIpc) is 3.11. The molecule has 9 heteroatoms. The van der Waals surface area contributed by atoms with Gasteiger partial charge in [0.2, 0.25) is 5.95 Å². The van der Waals surface area contributed by atoms with E-state index in [-0.39, 0.29) is 11.5 Å². The molecule has 3 aromatic rings. The minimum Gasteiger partial charge on any atom is -0.324 e. The van der Waals surface area contributed by atoms with Gasteiger partial charge in [0.15, 0.2) is 0 Å². The molecule has 0 spiro atoms. The molecule has 0 unspecified atom stereocenters. The van der Waals surface area contributed by atoms with E-state index in [2.05, 4.69) is 31.3 Å². The Kier molecular flexibility index (Phi) is 4.00. The third-order valence-corrected chi connectivity index (χ3v) is 4.55. The van der Waals surface area contributed by atoms with Crippen LogP contribution in [0.25, 0.3) is 5.70 Å². The second kappa shape index (κ2) is 6.34. The van der Waals surface area contributed by atoms with Crippen LogP contribution in [-0.2, 0) is 0 Å². The maximum atomic E-state index is 14.4. The van der Waals surface area contributed by atoms with E-state index >= 15 is 0 Å². The van der Waals surface area contributed by atoms with Gasteiger partial charge in [-0.05, 0) is 24.3 Å². The lowest BCUT2D eigenvalue weighted by atomic mass is 10.0. The zero-order valence-electron chi connectivity index (χ0n) is 13.1. The van der Waals surface area contributed by atoms with Crippen LogP contribution in [0.3, 0.4) is 0 Å². The number of fused-ring (bicyclic) bond motifs is 1. The quantitative estimate of drug-likeness (QED) is 0.512. The number of aromatic nitrogens is 3. The van der Waals surface area contributed by atoms with Gasteiger partial charge in [0.25, 0.3) is 5.69 Å². The van der Waals surface area contributed by atoms with Crippen molar-refractivity contribution in [3.8, 4) is 0 Å². The first-order chi connectivity index (χ1) is 12.5. The van der Waals surface area contributed by atoms with Crippen LogP contribution in [0.4, 0.5) is 16.0 Å². The molecule has 2 aromatic carbocycles. The Morgan fingerprint density at radius 2 is 2.12 bits per heavy atom. The Hall–Kier alpha value is -3.07. The average molecular weight is 416 g/mol. The maximum absolute atomic E-state index is 14.4. The lowest BCUT2D eigenvalue weighted by Gasteiger charge is -2.24. The van der Waals surface area contributed by atoms with Gasteiger partial charge in [-0.15, -0.1) is 0 Å². The molecule has 1 aliphatic rings. The third-order valence-electron chi connectivity index (χ3n) is 4.05. The standard InChI is InChI=1S/C17H11BrFN5O2/c18-11-4-5-14(19)13(7-11)16-8-15(22-17-20-9-21-23(16)17)10-2-1-3-12(6-10)24(25)26/h1-9,16H,(H,20,21,22)/t16-/m1/s1. The fraction of sp³-hybridized carbons (Fsp3) is 0.0588. The number of halogens is 2. The van der Waals surface area contributed by atoms with E-state index in [4.69, 9.17) is 0 Å². The van der Waals surface area contributed by atoms with Crippen LogP contribution in [0.5, 0.6) is 0 Å². The highest BCUT2D eigenvalue weighted by Gasteiger charge is 2.26. The maximum Gasteiger partial charge on any atom is 0.270 e. The summed E-state index contributed by atoms with van der Waals surface area (Å²) in [5.74, 6) is 0.0505. The van der Waals surface area contributed by atoms with Crippen molar-refractivity contribution in [1.82, 2.24) is 14.8 Å². The molecule has 26 heavy (non-hydrogen) atoms. The smallest absolute Gasteiger partial charge is 0.270 e. The zero-order valence-corrected chi connectivity index (χ0v) is 14.7. The van der Waals surface area contributed by atoms with Gasteiger partial charge in [-0.3, -0.25) is 10.1 Å². The van der Waals surface area contributed by atoms with Gasteiger partial charge in [-0.25, -0.2) is 9.07 Å². The van der Waals surface area contributed by atoms with Crippen molar-refractivity contribution < 1.29 is 9.31 Å². The SMILES string of the molecule is O=[N+]([O-])c1cccc(C2=C[C@H](c3cc(Br)ccc3F)n3ncnc3N2)c1. The lowest BCUT2D eigenvalue weighted by Crippen LogP contribution is -2.21. The van der Waals surface area contributed by atoms with Gasteiger partial charge in [0.1, 0.15) is 18.2 Å². The monoisotopic (exact) mass is 415 g/mol. The Morgan fingerprint density at radius 1 is 1.27 bits per heavy atom. The number of hydrogen-bond donors (Lipinski definition) is 1. The predicted octanol–water partition coefficient (Wildman–Crippen LogP) is 4.14. The molecule has 2 heterocycles. The van der Waals surface area contributed by atoms with Crippen molar-refractivity contribution >= 4 is 33.3 Å². The Bertz CT molecular complexity index is 1050. The highest BCUT2D eigenvalue weighted by molar-refractivity contribution is 9.10. The van der Waals surface area contributed by atoms with Gasteiger partial charge < -0.3 is 5.32 Å². The van der Waals surface area contributed by atoms with Crippen molar-refractivity contribution in [3.63, 3.8) is 0 Å². The number of non-ortho nitro benzene ring substituents is 1. The first kappa shape index (κ1) is 16.4. The molecule has 0 aliphatic carbocycles. The Labute approximate surface area is 155 Å². The van der Waals surface area contributed by atoms with Crippen LogP contribution in [0.1, 0.15) is 17.2 Å². The lowest BCUT2D eigenvalue weighted by molar-refractivity contribution is -0.384. The van der Waals surface area contributed by atoms with Gasteiger partial charge in [-0.1, -0.05) is 28.1 Å². The molecule has 0 bridgehead atoms. The van der Waals surface area contributed by atoms with Crippen molar-refractivity contribution in [1.29, 1.82) is 0 Å². The van der Waals surface area contributed by atoms with Crippen LogP contribution in [-0.4, -0.2) is 19.7 Å². The summed E-state index contributed by atoms with van der Waals surface area (Å²) >= 11 is 3.36. The summed E-state index contributed by atoms with van der Waals surface area (Å²) in [6.45, 7) is 0. The Morgan fingerprint density at radius 3 is 2.92 bits per heavy atom. The molecule has 0 fully saturated rings. The number of anilines is 1. The van der Waals surface area contributed by atoms with E-state index in [1.807, 2.05) is 0 Å². The van der Waals surface area contributed by atoms with Crippen LogP contribution in [0, 0.1) is 15.9 Å². The van der Waals surface area contributed by atoms with Crippen LogP contribution >= 0.6 is 15.9 Å². The molecule has 4 rings (SSSR count). The first-order valence-corrected chi connectivity index (χ1v) is 8.40. The molecule has 1 atom stereocenters. The largest absolute Gasteiger partial charge is 0.324 e. The van der Waals surface area contributed by atoms with E-state index in [9.17, 15) is 14.5 Å². The molecule has 0 amide bonds. The van der Waals surface area contributed by atoms with Crippen LogP contribution < -0.4 is 5.32 Å². The number of allylic oxidation sites excluding steroid dienone is 1. The summed E-state index contributed by atoms with van der Waals surface area (Å²) in [7, 11) is 0. The number of benzene rings is 2. The molecular weight excluding hydrogens is 405 g/mol. The fourth-order valence-electron chi connectivity index (χ4n) is 2.85. The normalized spacial score (nSPS) is 15.8. The van der Waals surface area contributed by atoms with Gasteiger partial charge in [0.05, 0.1) is 4.92 Å². The van der Waals surface area contributed by atoms with Gasteiger partial charge in [-0.2, -0.15) is 10.1 Å². The molecule has 1 aromatic heterocycles. The Balaban J connectivity index is 1.85. The van der Waals surface area contributed by atoms with Crippen LogP contribution in [0.15, 0.2) is 59.3 Å². The van der Waals surface area contributed by atoms with Crippen molar-refractivity contribution in [2.24, 2.45) is 0 Å². The molecular formula is C17H11BrFN5O2. The molecule has 7 nitrogen and oxygen atoms in total. The topological polar surface area (TPSA) is 85.9 Å². The molecule has 0 radical (unpaired) electrons. The summed E-state index contributed by atoms with van der Waals surface area (Å²) in [4.78, 5) is 14.7. The summed E-state index contributed by atoms with van der Waals surface area (Å²) in [5, 5.41) is 18.3. The van der Waals surface area contributed by atoms with E-state index in [1.165, 1.54) is 24.5 Å². The minimum atomic E-state index is -0.541. The van der Waals surface area contributed by atoms with Crippen molar-refractivity contribution in [2.75, 3.05) is 5.32 Å². The van der Waals surface area contributed by atoms with Crippen LogP contribution in [0.2, 0.25) is 0 Å². The second-order valence-electron chi connectivity index (χ2n) is 5.65. The molecule has 0 saturated heterocycles. The number of nitro groups is 1. The summed E-state index contributed by atoms with van der Waals surface area (Å²) in [5.41, 5.74) is 1.59. The number of nitrogens with zero attached hydrogens (tertiary/aromatic N) is 4. The number of nitro benzene ring substituents is 1. The molecule has 1 aliphatic heterocycles. The molecule has 1 N–H and O–H groups in total. The summed E-state index contributed by atoms with van der Waals surface area (Å²) in [6, 6.07) is 10.3. The predicted molar refractivity (Wildman–Crippen MR) is 97.0 cm³/mol. The number of rotatable bonds is 3. The molecule has 0 saturated carbocycles. The van der Waals surface area contributed by atoms with E-state index in [0.717, 1.165) is 4.47 Å². The van der Waals surface area contributed by atoms with E-state index in [0.29, 0.717) is 22.8 Å². The number of nitrogens with one attached hydrogen (secondary N) is 1. The highest BCUT2D eigenvalue weighted by Crippen LogP contribution is 2.34. The van der Waals surface area contributed by atoms with Gasteiger partial charge >= 0.3 is 0 Å². The summed E-state index contributed by atoms with van der Waals surface area (Å²) < 4.78 is 16.7. The van der Waals surface area contributed by atoms with Gasteiger partial charge in [0, 0.05) is 33.4 Å². The van der Waals surface area contributed by atoms with Crippen molar-refractivity contribution in [3.05, 3.63) is 86.4 Å². The molecule has 130 valence electrons. The van der Waals surface area contributed by atoms with E-state index in [1.54, 1.807) is 35.0 Å². The first-order valence-electron chi connectivity index (χ1n) is 7.61. The third kappa shape index (κ3) is 2.86.